The topological polar surface area (TPSA) is 61.4 Å². The van der Waals surface area contributed by atoms with Crippen molar-refractivity contribution in [2.45, 2.75) is 44.7 Å². The maximum Gasteiger partial charge on any atom is 0.243 e. The summed E-state index contributed by atoms with van der Waals surface area (Å²) in [7, 11) is 0. The minimum absolute atomic E-state index is 0.139. The summed E-state index contributed by atoms with van der Waals surface area (Å²) in [5.74, 6) is -0.310. The highest BCUT2D eigenvalue weighted by atomic mass is 16.2. The molecule has 2 aliphatic heterocycles. The second-order valence-corrected chi connectivity index (χ2v) is 4.91. The molecule has 0 aromatic carbocycles. The fourth-order valence-electron chi connectivity index (χ4n) is 2.72. The average Bonchev–Trinajstić information content (AvgIpc) is 2.30. The van der Waals surface area contributed by atoms with Gasteiger partial charge in [0, 0.05) is 12.6 Å². The standard InChI is InChI=1S/C12H21N3O2/c1-2-10-12(17)14-11(16)8-15(10)7-9-5-3-4-6-13-9/h9-10,13H,2-8H2,1H3,(H,14,16,17). The predicted molar refractivity (Wildman–Crippen MR) is 64.4 cm³/mol. The summed E-state index contributed by atoms with van der Waals surface area (Å²) >= 11 is 0. The van der Waals surface area contributed by atoms with Crippen molar-refractivity contribution in [2.24, 2.45) is 0 Å². The molecule has 2 amide bonds. The Morgan fingerprint density at radius 1 is 1.35 bits per heavy atom. The monoisotopic (exact) mass is 239 g/mol. The van der Waals surface area contributed by atoms with Gasteiger partial charge >= 0.3 is 0 Å². The summed E-state index contributed by atoms with van der Waals surface area (Å²) in [4.78, 5) is 25.1. The summed E-state index contributed by atoms with van der Waals surface area (Å²) in [6.45, 7) is 4.19. The average molecular weight is 239 g/mol. The highest BCUT2D eigenvalue weighted by Crippen LogP contribution is 2.14. The minimum Gasteiger partial charge on any atom is -0.313 e. The predicted octanol–water partition coefficient (Wildman–Crippen LogP) is -0.134. The van der Waals surface area contributed by atoms with Crippen LogP contribution < -0.4 is 10.6 Å². The first kappa shape index (κ1) is 12.5. The van der Waals surface area contributed by atoms with Gasteiger partial charge in [-0.25, -0.2) is 0 Å². The van der Waals surface area contributed by atoms with Crippen LogP contribution in [0, 0.1) is 0 Å². The lowest BCUT2D eigenvalue weighted by atomic mass is 10.0. The number of rotatable bonds is 3. The van der Waals surface area contributed by atoms with Crippen LogP contribution in [-0.4, -0.2) is 48.4 Å². The van der Waals surface area contributed by atoms with Crippen molar-refractivity contribution in [3.63, 3.8) is 0 Å². The van der Waals surface area contributed by atoms with Crippen LogP contribution in [0.3, 0.4) is 0 Å². The second-order valence-electron chi connectivity index (χ2n) is 4.91. The molecule has 2 aliphatic rings. The molecule has 5 nitrogen and oxygen atoms in total. The molecule has 0 aromatic heterocycles. The number of nitrogens with one attached hydrogen (secondary N) is 2. The van der Waals surface area contributed by atoms with E-state index in [9.17, 15) is 9.59 Å². The quantitative estimate of drug-likeness (QED) is 0.673. The zero-order chi connectivity index (χ0) is 12.3. The number of amides is 2. The maximum atomic E-state index is 11.7. The Kier molecular flexibility index (Phi) is 4.12. The third-order valence-corrected chi connectivity index (χ3v) is 3.61. The van der Waals surface area contributed by atoms with Crippen LogP contribution in [0.4, 0.5) is 0 Å². The van der Waals surface area contributed by atoms with Crippen LogP contribution >= 0.6 is 0 Å². The number of hydrogen-bond acceptors (Lipinski definition) is 4. The molecule has 5 heteroatoms. The van der Waals surface area contributed by atoms with Gasteiger partial charge in [-0.2, -0.15) is 0 Å². The lowest BCUT2D eigenvalue weighted by molar-refractivity contribution is -0.140. The lowest BCUT2D eigenvalue weighted by Gasteiger charge is -2.37. The SMILES string of the molecule is CCC1C(=O)NC(=O)CN1CC1CCCCN1. The molecular formula is C12H21N3O2. The van der Waals surface area contributed by atoms with E-state index in [2.05, 4.69) is 10.6 Å². The zero-order valence-corrected chi connectivity index (χ0v) is 10.4. The van der Waals surface area contributed by atoms with E-state index in [4.69, 9.17) is 0 Å². The first-order valence-corrected chi connectivity index (χ1v) is 6.52. The summed E-state index contributed by atoms with van der Waals surface area (Å²) in [6, 6.07) is 0.285. The van der Waals surface area contributed by atoms with Crippen LogP contribution in [0.2, 0.25) is 0 Å². The van der Waals surface area contributed by atoms with Crippen molar-refractivity contribution in [1.29, 1.82) is 0 Å². The Labute approximate surface area is 102 Å². The number of piperazine rings is 1. The van der Waals surface area contributed by atoms with Crippen molar-refractivity contribution in [3.05, 3.63) is 0 Å². The van der Waals surface area contributed by atoms with E-state index in [0.717, 1.165) is 25.9 Å². The molecule has 0 bridgehead atoms. The third-order valence-electron chi connectivity index (χ3n) is 3.61. The molecule has 2 fully saturated rings. The number of nitrogens with zero attached hydrogens (tertiary/aromatic N) is 1. The van der Waals surface area contributed by atoms with E-state index in [-0.39, 0.29) is 17.9 Å². The van der Waals surface area contributed by atoms with E-state index in [1.165, 1.54) is 12.8 Å². The zero-order valence-electron chi connectivity index (χ0n) is 10.4. The number of carbonyl (C=O) groups excluding carboxylic acids is 2. The molecule has 2 atom stereocenters. The van der Waals surface area contributed by atoms with Gasteiger partial charge in [-0.05, 0) is 25.8 Å². The Morgan fingerprint density at radius 2 is 2.18 bits per heavy atom. The van der Waals surface area contributed by atoms with E-state index < -0.39 is 0 Å². The Balaban J connectivity index is 1.95. The van der Waals surface area contributed by atoms with Crippen molar-refractivity contribution >= 4 is 11.8 Å². The van der Waals surface area contributed by atoms with Crippen LogP contribution in [0.15, 0.2) is 0 Å². The molecule has 2 saturated heterocycles. The smallest absolute Gasteiger partial charge is 0.243 e. The number of carbonyl (C=O) groups is 2. The van der Waals surface area contributed by atoms with Gasteiger partial charge in [0.15, 0.2) is 0 Å². The van der Waals surface area contributed by atoms with Gasteiger partial charge in [0.1, 0.15) is 0 Å². The summed E-state index contributed by atoms with van der Waals surface area (Å²) in [6.07, 6.45) is 4.37. The first-order chi connectivity index (χ1) is 8.20. The maximum absolute atomic E-state index is 11.7. The summed E-state index contributed by atoms with van der Waals surface area (Å²) in [5, 5.41) is 5.86. The Morgan fingerprint density at radius 3 is 2.82 bits per heavy atom. The summed E-state index contributed by atoms with van der Waals surface area (Å²) < 4.78 is 0. The molecule has 96 valence electrons. The van der Waals surface area contributed by atoms with Crippen LogP contribution in [0.1, 0.15) is 32.6 Å². The highest BCUT2D eigenvalue weighted by Gasteiger charge is 2.33. The lowest BCUT2D eigenvalue weighted by Crippen LogP contribution is -2.60. The molecule has 0 aromatic rings. The molecule has 2 heterocycles. The van der Waals surface area contributed by atoms with Crippen LogP contribution in [0.5, 0.6) is 0 Å². The fraction of sp³-hybridized carbons (Fsp3) is 0.833. The second kappa shape index (κ2) is 5.60. The molecular weight excluding hydrogens is 218 g/mol. The molecule has 2 rings (SSSR count). The van der Waals surface area contributed by atoms with Gasteiger partial charge < -0.3 is 5.32 Å². The molecule has 0 saturated carbocycles. The molecule has 2 unspecified atom stereocenters. The first-order valence-electron chi connectivity index (χ1n) is 6.52. The van der Waals surface area contributed by atoms with E-state index >= 15 is 0 Å². The van der Waals surface area contributed by atoms with Gasteiger partial charge in [0.2, 0.25) is 11.8 Å². The van der Waals surface area contributed by atoms with Crippen LogP contribution in [0.25, 0.3) is 0 Å². The number of imide groups is 1. The molecule has 0 spiro atoms. The van der Waals surface area contributed by atoms with Gasteiger partial charge in [0.05, 0.1) is 12.6 Å². The number of hydrogen-bond donors (Lipinski definition) is 2. The molecule has 0 radical (unpaired) electrons. The van der Waals surface area contributed by atoms with Crippen molar-refractivity contribution < 1.29 is 9.59 Å². The van der Waals surface area contributed by atoms with E-state index in [0.29, 0.717) is 12.6 Å². The number of piperidine rings is 1. The van der Waals surface area contributed by atoms with Crippen molar-refractivity contribution in [1.82, 2.24) is 15.5 Å². The van der Waals surface area contributed by atoms with Gasteiger partial charge in [-0.3, -0.25) is 19.8 Å². The Bertz CT molecular complexity index is 300. The van der Waals surface area contributed by atoms with E-state index in [1.807, 2.05) is 11.8 Å². The normalized spacial score (nSPS) is 31.4. The largest absolute Gasteiger partial charge is 0.313 e. The molecule has 0 aliphatic carbocycles. The highest BCUT2D eigenvalue weighted by molar-refractivity contribution is 6.01. The summed E-state index contributed by atoms with van der Waals surface area (Å²) in [5.41, 5.74) is 0. The minimum atomic E-state index is -0.171. The van der Waals surface area contributed by atoms with Gasteiger partial charge in [-0.15, -0.1) is 0 Å². The van der Waals surface area contributed by atoms with Crippen molar-refractivity contribution in [2.75, 3.05) is 19.6 Å². The van der Waals surface area contributed by atoms with Crippen molar-refractivity contribution in [3.8, 4) is 0 Å². The van der Waals surface area contributed by atoms with Gasteiger partial charge in [0.25, 0.3) is 0 Å². The molecule has 17 heavy (non-hydrogen) atoms. The van der Waals surface area contributed by atoms with Crippen LogP contribution in [-0.2, 0) is 9.59 Å². The van der Waals surface area contributed by atoms with E-state index in [1.54, 1.807) is 0 Å². The fourth-order valence-corrected chi connectivity index (χ4v) is 2.72. The Hall–Kier alpha value is -0.940. The third kappa shape index (κ3) is 3.04. The van der Waals surface area contributed by atoms with Gasteiger partial charge in [-0.1, -0.05) is 13.3 Å². The molecule has 2 N–H and O–H groups in total.